The van der Waals surface area contributed by atoms with Gasteiger partial charge in [-0.1, -0.05) is 6.07 Å². The Morgan fingerprint density at radius 3 is 2.86 bits per heavy atom. The lowest BCUT2D eigenvalue weighted by molar-refractivity contribution is 0.0740. The zero-order valence-electron chi connectivity index (χ0n) is 16.1. The molecular weight excluding hydrogens is 379 g/mol. The van der Waals surface area contributed by atoms with Crippen LogP contribution in [0, 0.1) is 12.7 Å². The third-order valence-corrected chi connectivity index (χ3v) is 6.27. The number of carbonyl (C=O) groups excluding carboxylic acids is 1. The SMILES string of the molecule is Cc1ccc(-n2nc(C(=O)N3CCC4CCC(C3)N4)c3c2CCC3)c(F)c1.Cl. The molecule has 2 atom stereocenters. The van der Waals surface area contributed by atoms with Crippen LogP contribution in [-0.4, -0.2) is 45.8 Å². The van der Waals surface area contributed by atoms with Crippen LogP contribution in [0.1, 0.15) is 53.0 Å². The van der Waals surface area contributed by atoms with Crippen LogP contribution in [0.15, 0.2) is 18.2 Å². The monoisotopic (exact) mass is 404 g/mol. The molecule has 2 aromatic rings. The molecule has 2 unspecified atom stereocenters. The van der Waals surface area contributed by atoms with E-state index in [-0.39, 0.29) is 24.1 Å². The summed E-state index contributed by atoms with van der Waals surface area (Å²) in [5, 5.41) is 8.24. The Morgan fingerprint density at radius 1 is 1.21 bits per heavy atom. The summed E-state index contributed by atoms with van der Waals surface area (Å²) < 4.78 is 16.2. The molecule has 1 aliphatic carbocycles. The average Bonchev–Trinajstić information content (AvgIpc) is 3.30. The Kier molecular flexibility index (Phi) is 5.19. The zero-order chi connectivity index (χ0) is 18.5. The minimum atomic E-state index is -0.289. The number of amides is 1. The first kappa shape index (κ1) is 19.4. The molecule has 0 saturated carbocycles. The van der Waals surface area contributed by atoms with Gasteiger partial charge in [-0.05, 0) is 63.1 Å². The Bertz CT molecular complexity index is 912. The topological polar surface area (TPSA) is 50.2 Å². The van der Waals surface area contributed by atoms with Crippen molar-refractivity contribution in [2.45, 2.75) is 57.5 Å². The van der Waals surface area contributed by atoms with Gasteiger partial charge in [0.15, 0.2) is 5.69 Å². The summed E-state index contributed by atoms with van der Waals surface area (Å²) in [6, 6.07) is 6.11. The molecule has 2 aliphatic heterocycles. The molecule has 2 bridgehead atoms. The number of likely N-dealkylation sites (tertiary alicyclic amines) is 1. The van der Waals surface area contributed by atoms with Crippen LogP contribution >= 0.6 is 12.4 Å². The Morgan fingerprint density at radius 2 is 2.04 bits per heavy atom. The van der Waals surface area contributed by atoms with Gasteiger partial charge in [0.1, 0.15) is 11.5 Å². The van der Waals surface area contributed by atoms with Gasteiger partial charge in [0, 0.05) is 36.4 Å². The molecule has 1 aromatic carbocycles. The highest BCUT2D eigenvalue weighted by Crippen LogP contribution is 2.30. The Balaban J connectivity index is 0.00000192. The summed E-state index contributed by atoms with van der Waals surface area (Å²) >= 11 is 0. The quantitative estimate of drug-likeness (QED) is 0.836. The van der Waals surface area contributed by atoms with Gasteiger partial charge in [-0.2, -0.15) is 5.10 Å². The van der Waals surface area contributed by atoms with Crippen molar-refractivity contribution in [1.29, 1.82) is 0 Å². The lowest BCUT2D eigenvalue weighted by Crippen LogP contribution is -2.39. The largest absolute Gasteiger partial charge is 0.336 e. The number of rotatable bonds is 2. The number of nitrogens with one attached hydrogen (secondary N) is 1. The number of nitrogens with zero attached hydrogens (tertiary/aromatic N) is 3. The molecule has 1 N–H and O–H groups in total. The molecule has 5 nitrogen and oxygen atoms in total. The van der Waals surface area contributed by atoms with Gasteiger partial charge in [0.25, 0.3) is 5.91 Å². The molecular formula is C21H26ClFN4O. The number of hydrogen-bond donors (Lipinski definition) is 1. The van der Waals surface area contributed by atoms with Crippen molar-refractivity contribution in [3.63, 3.8) is 0 Å². The Labute approximate surface area is 170 Å². The van der Waals surface area contributed by atoms with Gasteiger partial charge < -0.3 is 10.2 Å². The van der Waals surface area contributed by atoms with Gasteiger partial charge in [0.05, 0.1) is 0 Å². The van der Waals surface area contributed by atoms with Crippen LogP contribution in [0.4, 0.5) is 4.39 Å². The molecule has 1 amide bonds. The highest BCUT2D eigenvalue weighted by Gasteiger charge is 2.35. The van der Waals surface area contributed by atoms with Crippen LogP contribution in [0.3, 0.4) is 0 Å². The fourth-order valence-electron chi connectivity index (χ4n) is 4.87. The number of benzene rings is 1. The molecule has 1 aromatic heterocycles. The highest BCUT2D eigenvalue weighted by atomic mass is 35.5. The van der Waals surface area contributed by atoms with Crippen molar-refractivity contribution in [3.8, 4) is 5.69 Å². The van der Waals surface area contributed by atoms with Crippen molar-refractivity contribution in [2.24, 2.45) is 0 Å². The number of fused-ring (bicyclic) bond motifs is 3. The van der Waals surface area contributed by atoms with E-state index < -0.39 is 0 Å². The first-order valence-electron chi connectivity index (χ1n) is 10.0. The molecule has 7 heteroatoms. The minimum absolute atomic E-state index is 0. The van der Waals surface area contributed by atoms with E-state index in [1.165, 1.54) is 12.5 Å². The summed E-state index contributed by atoms with van der Waals surface area (Å²) in [5.74, 6) is -0.281. The lowest BCUT2D eigenvalue weighted by Gasteiger charge is -2.23. The second kappa shape index (κ2) is 7.48. The molecule has 0 spiro atoms. The normalized spacial score (nSPS) is 23.3. The van der Waals surface area contributed by atoms with Gasteiger partial charge in [-0.15, -0.1) is 12.4 Å². The number of hydrogen-bond acceptors (Lipinski definition) is 3. The lowest BCUT2D eigenvalue weighted by atomic mass is 10.1. The van der Waals surface area contributed by atoms with Gasteiger partial charge in [-0.3, -0.25) is 4.79 Å². The third-order valence-electron chi connectivity index (χ3n) is 6.27. The Hall–Kier alpha value is -1.92. The maximum Gasteiger partial charge on any atom is 0.274 e. The molecule has 150 valence electrons. The van der Waals surface area contributed by atoms with Crippen LogP contribution in [-0.2, 0) is 12.8 Å². The van der Waals surface area contributed by atoms with E-state index in [0.717, 1.165) is 62.0 Å². The second-order valence-corrected chi connectivity index (χ2v) is 8.17. The van der Waals surface area contributed by atoms with Gasteiger partial charge >= 0.3 is 0 Å². The van der Waals surface area contributed by atoms with Crippen molar-refractivity contribution < 1.29 is 9.18 Å². The summed E-state index contributed by atoms with van der Waals surface area (Å²) in [7, 11) is 0. The van der Waals surface area contributed by atoms with Crippen molar-refractivity contribution in [3.05, 3.63) is 46.5 Å². The van der Waals surface area contributed by atoms with E-state index in [9.17, 15) is 9.18 Å². The number of halogens is 2. The van der Waals surface area contributed by atoms with E-state index >= 15 is 0 Å². The van der Waals surface area contributed by atoms with E-state index in [4.69, 9.17) is 0 Å². The molecule has 5 rings (SSSR count). The summed E-state index contributed by atoms with van der Waals surface area (Å²) in [6.07, 6.45) is 6.03. The van der Waals surface area contributed by atoms with Crippen molar-refractivity contribution in [1.82, 2.24) is 20.0 Å². The van der Waals surface area contributed by atoms with Crippen LogP contribution in [0.5, 0.6) is 0 Å². The first-order chi connectivity index (χ1) is 13.1. The molecule has 3 aliphatic rings. The fourth-order valence-corrected chi connectivity index (χ4v) is 4.87. The van der Waals surface area contributed by atoms with Crippen molar-refractivity contribution in [2.75, 3.05) is 13.1 Å². The summed E-state index contributed by atoms with van der Waals surface area (Å²) in [6.45, 7) is 3.39. The third kappa shape index (κ3) is 3.22. The predicted octanol–water partition coefficient (Wildman–Crippen LogP) is 3.20. The molecule has 28 heavy (non-hydrogen) atoms. The number of aromatic nitrogens is 2. The maximum absolute atomic E-state index is 14.6. The second-order valence-electron chi connectivity index (χ2n) is 8.17. The van der Waals surface area contributed by atoms with Crippen LogP contribution < -0.4 is 5.32 Å². The smallest absolute Gasteiger partial charge is 0.274 e. The van der Waals surface area contributed by atoms with Crippen LogP contribution in [0.2, 0.25) is 0 Å². The van der Waals surface area contributed by atoms with E-state index in [1.54, 1.807) is 10.7 Å². The van der Waals surface area contributed by atoms with E-state index in [0.29, 0.717) is 23.5 Å². The van der Waals surface area contributed by atoms with Gasteiger partial charge in [0.2, 0.25) is 0 Å². The number of aryl methyl sites for hydroxylation is 1. The predicted molar refractivity (Wildman–Crippen MR) is 108 cm³/mol. The zero-order valence-corrected chi connectivity index (χ0v) is 16.9. The van der Waals surface area contributed by atoms with E-state index in [1.807, 2.05) is 17.9 Å². The molecule has 2 fully saturated rings. The maximum atomic E-state index is 14.6. The number of carbonyl (C=O) groups is 1. The minimum Gasteiger partial charge on any atom is -0.336 e. The van der Waals surface area contributed by atoms with Crippen LogP contribution in [0.25, 0.3) is 5.69 Å². The summed E-state index contributed by atoms with van der Waals surface area (Å²) in [4.78, 5) is 15.3. The fraction of sp³-hybridized carbons (Fsp3) is 0.524. The van der Waals surface area contributed by atoms with Gasteiger partial charge in [-0.25, -0.2) is 9.07 Å². The first-order valence-corrected chi connectivity index (χ1v) is 10.0. The molecule has 3 heterocycles. The van der Waals surface area contributed by atoms with E-state index in [2.05, 4.69) is 10.4 Å². The molecule has 0 radical (unpaired) electrons. The highest BCUT2D eigenvalue weighted by molar-refractivity contribution is 5.94. The van der Waals surface area contributed by atoms with Crippen molar-refractivity contribution >= 4 is 18.3 Å². The standard InChI is InChI=1S/C21H25FN4O.ClH/c1-13-5-8-19(17(22)11-13)26-18-4-2-3-16(18)20(24-26)21(27)25-10-9-14-6-7-15(12-25)23-14;/h5,8,11,14-15,23H,2-4,6-7,9-10,12H2,1H3;1H. The average molecular weight is 405 g/mol. The summed E-state index contributed by atoms with van der Waals surface area (Å²) in [5.41, 5.74) is 3.86. The molecule has 2 saturated heterocycles.